The van der Waals surface area contributed by atoms with Gasteiger partial charge in [-0.15, -0.1) is 0 Å². The van der Waals surface area contributed by atoms with Crippen LogP contribution in [0.25, 0.3) is 10.3 Å². The van der Waals surface area contributed by atoms with Crippen LogP contribution in [0.2, 0.25) is 5.02 Å². The maximum Gasteiger partial charge on any atom is 0.277 e. The maximum absolute atomic E-state index is 12.2. The number of fused-ring (bicyclic) bond motifs is 1. The largest absolute Gasteiger partial charge is 0.340 e. The number of nitrogens with one attached hydrogen (secondary N) is 1. The highest BCUT2D eigenvalue weighted by Crippen LogP contribution is 2.29. The van der Waals surface area contributed by atoms with Crippen molar-refractivity contribution < 1.29 is 4.79 Å². The first-order chi connectivity index (χ1) is 13.0. The van der Waals surface area contributed by atoms with E-state index in [4.69, 9.17) is 11.6 Å². The number of aryl methyl sites for hydroxylation is 1. The van der Waals surface area contributed by atoms with E-state index in [1.807, 2.05) is 55.4 Å². The number of benzene rings is 1. The Balaban J connectivity index is 1.58. The lowest BCUT2D eigenvalue weighted by Crippen LogP contribution is -2.11. The summed E-state index contributed by atoms with van der Waals surface area (Å²) in [5.41, 5.74) is 2.04. The molecule has 0 saturated heterocycles. The van der Waals surface area contributed by atoms with Crippen LogP contribution in [0.5, 0.6) is 0 Å². The predicted octanol–water partition coefficient (Wildman–Crippen LogP) is 4.10. The fraction of sp³-hybridized carbons (Fsp3) is 0.111. The van der Waals surface area contributed by atoms with Gasteiger partial charge in [-0.2, -0.15) is 0 Å². The molecule has 4 aromatic rings. The Morgan fingerprint density at radius 3 is 2.67 bits per heavy atom. The van der Waals surface area contributed by atoms with Gasteiger partial charge in [0.1, 0.15) is 21.9 Å². The van der Waals surface area contributed by atoms with E-state index < -0.39 is 0 Å². The van der Waals surface area contributed by atoms with Crippen molar-refractivity contribution in [2.45, 2.75) is 0 Å². The number of amides is 1. The highest BCUT2D eigenvalue weighted by Gasteiger charge is 2.14. The van der Waals surface area contributed by atoms with Gasteiger partial charge in [-0.1, -0.05) is 22.9 Å². The number of anilines is 3. The number of carbonyl (C=O) groups excluding carboxylic acids is 1. The van der Waals surface area contributed by atoms with Crippen molar-refractivity contribution in [1.29, 1.82) is 0 Å². The summed E-state index contributed by atoms with van der Waals surface area (Å²) in [5.74, 6) is 0.476. The van der Waals surface area contributed by atoms with E-state index in [2.05, 4.69) is 20.3 Å². The summed E-state index contributed by atoms with van der Waals surface area (Å²) in [4.78, 5) is 28.1. The SMILES string of the molecule is CN(c1ccc(Cl)cc1)c1ccc2nc(NC(=O)c3cn(C)cn3)sc2n1. The number of halogens is 1. The number of nitrogens with zero attached hydrogens (tertiary/aromatic N) is 5. The van der Waals surface area contributed by atoms with Crippen molar-refractivity contribution in [3.8, 4) is 0 Å². The Bertz CT molecular complexity index is 1120. The summed E-state index contributed by atoms with van der Waals surface area (Å²) in [7, 11) is 3.74. The quantitative estimate of drug-likeness (QED) is 0.560. The number of rotatable bonds is 4. The van der Waals surface area contributed by atoms with E-state index in [9.17, 15) is 4.79 Å². The van der Waals surface area contributed by atoms with Crippen molar-refractivity contribution in [3.63, 3.8) is 0 Å². The summed E-state index contributed by atoms with van der Waals surface area (Å²) in [5, 5.41) is 3.94. The first kappa shape index (κ1) is 17.4. The van der Waals surface area contributed by atoms with Crippen molar-refractivity contribution in [1.82, 2.24) is 19.5 Å². The van der Waals surface area contributed by atoms with Crippen LogP contribution >= 0.6 is 22.9 Å². The molecule has 7 nitrogen and oxygen atoms in total. The van der Waals surface area contributed by atoms with E-state index in [1.165, 1.54) is 11.3 Å². The molecule has 0 spiro atoms. The monoisotopic (exact) mass is 398 g/mol. The zero-order chi connectivity index (χ0) is 19.0. The second-order valence-corrected chi connectivity index (χ2v) is 7.34. The summed E-state index contributed by atoms with van der Waals surface area (Å²) in [6.07, 6.45) is 3.23. The lowest BCUT2D eigenvalue weighted by molar-refractivity contribution is 0.102. The molecule has 0 atom stereocenters. The van der Waals surface area contributed by atoms with Crippen LogP contribution < -0.4 is 10.2 Å². The lowest BCUT2D eigenvalue weighted by atomic mass is 10.3. The van der Waals surface area contributed by atoms with Crippen LogP contribution in [0.4, 0.5) is 16.6 Å². The highest BCUT2D eigenvalue weighted by molar-refractivity contribution is 7.22. The van der Waals surface area contributed by atoms with E-state index in [-0.39, 0.29) is 5.91 Å². The number of imidazole rings is 1. The highest BCUT2D eigenvalue weighted by atomic mass is 35.5. The summed E-state index contributed by atoms with van der Waals surface area (Å²) < 4.78 is 1.72. The zero-order valence-electron chi connectivity index (χ0n) is 14.5. The molecule has 0 aliphatic rings. The summed E-state index contributed by atoms with van der Waals surface area (Å²) >= 11 is 7.27. The van der Waals surface area contributed by atoms with Crippen molar-refractivity contribution in [2.24, 2.45) is 7.05 Å². The summed E-state index contributed by atoms with van der Waals surface area (Å²) in [6.45, 7) is 0. The van der Waals surface area contributed by atoms with Gasteiger partial charge < -0.3 is 9.47 Å². The minimum absolute atomic E-state index is 0.298. The van der Waals surface area contributed by atoms with E-state index in [0.29, 0.717) is 15.8 Å². The molecule has 9 heteroatoms. The molecular weight excluding hydrogens is 384 g/mol. The Morgan fingerprint density at radius 2 is 1.96 bits per heavy atom. The normalized spacial score (nSPS) is 10.9. The van der Waals surface area contributed by atoms with Crippen LogP contribution in [0.3, 0.4) is 0 Å². The first-order valence-electron chi connectivity index (χ1n) is 8.06. The number of pyridine rings is 1. The number of hydrogen-bond acceptors (Lipinski definition) is 6. The average molecular weight is 399 g/mol. The molecule has 4 rings (SSSR count). The van der Waals surface area contributed by atoms with Gasteiger partial charge in [0, 0.05) is 31.0 Å². The van der Waals surface area contributed by atoms with Gasteiger partial charge in [0.2, 0.25) is 0 Å². The maximum atomic E-state index is 12.2. The Hall–Kier alpha value is -2.97. The molecular formula is C18H15ClN6OS. The van der Waals surface area contributed by atoms with Crippen LogP contribution in [0.15, 0.2) is 48.9 Å². The number of aromatic nitrogens is 4. The van der Waals surface area contributed by atoms with Crippen molar-refractivity contribution >= 4 is 55.8 Å². The molecule has 1 aromatic carbocycles. The van der Waals surface area contributed by atoms with Crippen LogP contribution in [-0.4, -0.2) is 32.5 Å². The molecule has 3 aromatic heterocycles. The molecule has 0 aliphatic heterocycles. The van der Waals surface area contributed by atoms with E-state index in [1.54, 1.807) is 17.1 Å². The van der Waals surface area contributed by atoms with Gasteiger partial charge in [-0.05, 0) is 36.4 Å². The molecule has 27 heavy (non-hydrogen) atoms. The third-order valence-electron chi connectivity index (χ3n) is 3.96. The fourth-order valence-corrected chi connectivity index (χ4v) is 3.49. The number of thiazole rings is 1. The molecule has 3 heterocycles. The second kappa shape index (κ2) is 6.98. The Kier molecular flexibility index (Phi) is 4.51. The van der Waals surface area contributed by atoms with Crippen molar-refractivity contribution in [3.05, 3.63) is 59.6 Å². The topological polar surface area (TPSA) is 75.9 Å². The van der Waals surface area contributed by atoms with Gasteiger partial charge in [0.15, 0.2) is 5.13 Å². The van der Waals surface area contributed by atoms with Gasteiger partial charge >= 0.3 is 0 Å². The smallest absolute Gasteiger partial charge is 0.277 e. The Morgan fingerprint density at radius 1 is 1.19 bits per heavy atom. The van der Waals surface area contributed by atoms with Crippen molar-refractivity contribution in [2.75, 3.05) is 17.3 Å². The van der Waals surface area contributed by atoms with Gasteiger partial charge in [0.05, 0.1) is 6.33 Å². The standard InChI is InChI=1S/C18H15ClN6OS/c1-24-9-14(20-10-24)16(26)23-18-21-13-7-8-15(22-17(13)27-18)25(2)12-5-3-11(19)4-6-12/h3-10H,1-2H3,(H,21,23,26). The second-order valence-electron chi connectivity index (χ2n) is 5.93. The van der Waals surface area contributed by atoms with Crippen LogP contribution in [0.1, 0.15) is 10.5 Å². The molecule has 1 amide bonds. The third-order valence-corrected chi connectivity index (χ3v) is 5.09. The average Bonchev–Trinajstić information content (AvgIpc) is 3.26. The molecule has 0 bridgehead atoms. The molecule has 0 aliphatic carbocycles. The van der Waals surface area contributed by atoms with Gasteiger partial charge in [0.25, 0.3) is 5.91 Å². The number of hydrogen-bond donors (Lipinski definition) is 1. The van der Waals surface area contributed by atoms with Crippen LogP contribution in [0, 0.1) is 0 Å². The van der Waals surface area contributed by atoms with Crippen LogP contribution in [-0.2, 0) is 7.05 Å². The lowest BCUT2D eigenvalue weighted by Gasteiger charge is -2.18. The molecule has 1 N–H and O–H groups in total. The van der Waals surface area contributed by atoms with Gasteiger partial charge in [-0.3, -0.25) is 10.1 Å². The zero-order valence-corrected chi connectivity index (χ0v) is 16.1. The molecule has 0 radical (unpaired) electrons. The minimum atomic E-state index is -0.298. The molecule has 0 saturated carbocycles. The number of carbonyl (C=O) groups is 1. The van der Waals surface area contributed by atoms with Gasteiger partial charge in [-0.25, -0.2) is 15.0 Å². The predicted molar refractivity (Wildman–Crippen MR) is 108 cm³/mol. The molecule has 0 unspecified atom stereocenters. The van der Waals surface area contributed by atoms with E-state index in [0.717, 1.165) is 21.9 Å². The minimum Gasteiger partial charge on any atom is -0.340 e. The van der Waals surface area contributed by atoms with E-state index >= 15 is 0 Å². The summed E-state index contributed by atoms with van der Waals surface area (Å²) in [6, 6.07) is 11.3. The molecule has 136 valence electrons. The molecule has 0 fully saturated rings. The third kappa shape index (κ3) is 3.62. The fourth-order valence-electron chi connectivity index (χ4n) is 2.54. The Labute approximate surface area is 164 Å². The first-order valence-corrected chi connectivity index (χ1v) is 9.25.